The second-order valence-electron chi connectivity index (χ2n) is 5.95. The van der Waals surface area contributed by atoms with Crippen molar-refractivity contribution in [3.63, 3.8) is 0 Å². The van der Waals surface area contributed by atoms with Crippen LogP contribution in [0.4, 0.5) is 0 Å². The van der Waals surface area contributed by atoms with Crippen LogP contribution in [0.25, 0.3) is 0 Å². The average Bonchev–Trinajstić information content (AvgIpc) is 2.65. The van der Waals surface area contributed by atoms with Crippen LogP contribution >= 0.6 is 0 Å². The zero-order valence-electron chi connectivity index (χ0n) is 13.7. The normalized spacial score (nSPS) is 17.3. The summed E-state index contributed by atoms with van der Waals surface area (Å²) in [6.45, 7) is 0.788. The lowest BCUT2D eigenvalue weighted by Crippen LogP contribution is -2.40. The van der Waals surface area contributed by atoms with E-state index >= 15 is 0 Å². The molecule has 5 heteroatoms. The van der Waals surface area contributed by atoms with E-state index in [-0.39, 0.29) is 17.9 Å². The molecule has 1 amide bonds. The Bertz CT molecular complexity index is 703. The highest BCUT2D eigenvalue weighted by molar-refractivity contribution is 5.79. The predicted molar refractivity (Wildman–Crippen MR) is 92.1 cm³/mol. The van der Waals surface area contributed by atoms with Gasteiger partial charge in [0.2, 0.25) is 5.91 Å². The highest BCUT2D eigenvalue weighted by Crippen LogP contribution is 2.30. The van der Waals surface area contributed by atoms with Crippen LogP contribution in [-0.4, -0.2) is 26.2 Å². The van der Waals surface area contributed by atoms with Gasteiger partial charge in [-0.05, 0) is 35.7 Å². The standard InChI is InChI=1S/C19H22N2O3/c1-23-16-7-8-18-14(10-16)9-15(12-24-18)19(22)21-11-17(20)13-5-3-2-4-6-13/h2-8,10,15,17H,9,11-12,20H2,1H3,(H,21,22). The van der Waals surface area contributed by atoms with Crippen LogP contribution in [0.15, 0.2) is 48.5 Å². The number of nitrogens with one attached hydrogen (secondary N) is 1. The van der Waals surface area contributed by atoms with Gasteiger partial charge in [0.1, 0.15) is 18.1 Å². The van der Waals surface area contributed by atoms with Crippen molar-refractivity contribution in [2.45, 2.75) is 12.5 Å². The van der Waals surface area contributed by atoms with Gasteiger partial charge in [-0.1, -0.05) is 30.3 Å². The van der Waals surface area contributed by atoms with Crippen LogP contribution in [-0.2, 0) is 11.2 Å². The van der Waals surface area contributed by atoms with Gasteiger partial charge in [-0.25, -0.2) is 0 Å². The van der Waals surface area contributed by atoms with Gasteiger partial charge in [0.25, 0.3) is 0 Å². The summed E-state index contributed by atoms with van der Waals surface area (Å²) in [5, 5.41) is 2.93. The summed E-state index contributed by atoms with van der Waals surface area (Å²) in [7, 11) is 1.63. The van der Waals surface area contributed by atoms with E-state index in [9.17, 15) is 4.79 Å². The molecule has 2 aromatic carbocycles. The topological polar surface area (TPSA) is 73.6 Å². The lowest BCUT2D eigenvalue weighted by molar-refractivity contribution is -0.126. The molecule has 0 bridgehead atoms. The lowest BCUT2D eigenvalue weighted by Gasteiger charge is -2.25. The minimum absolute atomic E-state index is 0.0325. The number of carbonyl (C=O) groups excluding carboxylic acids is 1. The molecule has 1 aliphatic heterocycles. The number of ether oxygens (including phenoxy) is 2. The van der Waals surface area contributed by atoms with Crippen LogP contribution in [0.1, 0.15) is 17.2 Å². The Balaban J connectivity index is 1.58. The van der Waals surface area contributed by atoms with Gasteiger partial charge in [0, 0.05) is 12.6 Å². The fourth-order valence-corrected chi connectivity index (χ4v) is 2.84. The molecule has 3 rings (SSSR count). The van der Waals surface area contributed by atoms with Crippen molar-refractivity contribution in [1.82, 2.24) is 5.32 Å². The molecule has 0 fully saturated rings. The second-order valence-corrected chi connectivity index (χ2v) is 5.95. The Hall–Kier alpha value is -2.53. The van der Waals surface area contributed by atoms with E-state index in [0.717, 1.165) is 22.6 Å². The van der Waals surface area contributed by atoms with Crippen LogP contribution in [0.5, 0.6) is 11.5 Å². The van der Waals surface area contributed by atoms with Gasteiger partial charge in [-0.15, -0.1) is 0 Å². The minimum atomic E-state index is -0.216. The number of amides is 1. The maximum absolute atomic E-state index is 12.4. The van der Waals surface area contributed by atoms with E-state index in [1.165, 1.54) is 0 Å². The van der Waals surface area contributed by atoms with Gasteiger partial charge in [-0.2, -0.15) is 0 Å². The van der Waals surface area contributed by atoms with Gasteiger partial charge in [-0.3, -0.25) is 4.79 Å². The number of rotatable bonds is 5. The molecule has 1 aliphatic rings. The van der Waals surface area contributed by atoms with E-state index in [1.54, 1.807) is 7.11 Å². The Kier molecular flexibility index (Phi) is 5.01. The maximum atomic E-state index is 12.4. The van der Waals surface area contributed by atoms with Crippen LogP contribution in [0, 0.1) is 5.92 Å². The Morgan fingerprint density at radius 3 is 2.88 bits per heavy atom. The van der Waals surface area contributed by atoms with E-state index in [4.69, 9.17) is 15.2 Å². The summed E-state index contributed by atoms with van der Waals surface area (Å²) < 4.78 is 10.9. The molecule has 2 unspecified atom stereocenters. The summed E-state index contributed by atoms with van der Waals surface area (Å²) >= 11 is 0. The number of hydrogen-bond acceptors (Lipinski definition) is 4. The summed E-state index contributed by atoms with van der Waals surface area (Å²) in [5.41, 5.74) is 8.13. The SMILES string of the molecule is COc1ccc2c(c1)CC(C(=O)NCC(N)c1ccccc1)CO2. The fraction of sp³-hybridized carbons (Fsp3) is 0.316. The van der Waals surface area contributed by atoms with Crippen molar-refractivity contribution in [3.05, 3.63) is 59.7 Å². The molecule has 0 aromatic heterocycles. The molecule has 0 radical (unpaired) electrons. The highest BCUT2D eigenvalue weighted by Gasteiger charge is 2.26. The number of nitrogens with two attached hydrogens (primary N) is 1. The lowest BCUT2D eigenvalue weighted by atomic mass is 9.95. The first-order valence-corrected chi connectivity index (χ1v) is 8.05. The van der Waals surface area contributed by atoms with Crippen molar-refractivity contribution < 1.29 is 14.3 Å². The van der Waals surface area contributed by atoms with Gasteiger partial charge >= 0.3 is 0 Å². The number of fused-ring (bicyclic) bond motifs is 1. The minimum Gasteiger partial charge on any atom is -0.497 e. The van der Waals surface area contributed by atoms with E-state index in [1.807, 2.05) is 48.5 Å². The molecule has 2 aromatic rings. The quantitative estimate of drug-likeness (QED) is 0.882. The highest BCUT2D eigenvalue weighted by atomic mass is 16.5. The zero-order chi connectivity index (χ0) is 16.9. The van der Waals surface area contributed by atoms with Crippen molar-refractivity contribution in [3.8, 4) is 11.5 Å². The Labute approximate surface area is 141 Å². The molecule has 0 saturated carbocycles. The van der Waals surface area contributed by atoms with Crippen molar-refractivity contribution >= 4 is 5.91 Å². The van der Waals surface area contributed by atoms with Crippen molar-refractivity contribution in [2.75, 3.05) is 20.3 Å². The van der Waals surface area contributed by atoms with Crippen LogP contribution < -0.4 is 20.5 Å². The van der Waals surface area contributed by atoms with Crippen LogP contribution in [0.3, 0.4) is 0 Å². The molecule has 1 heterocycles. The largest absolute Gasteiger partial charge is 0.497 e. The third-order valence-electron chi connectivity index (χ3n) is 4.27. The number of hydrogen-bond donors (Lipinski definition) is 2. The summed E-state index contributed by atoms with van der Waals surface area (Å²) in [4.78, 5) is 12.4. The van der Waals surface area contributed by atoms with Crippen molar-refractivity contribution in [1.29, 1.82) is 0 Å². The summed E-state index contributed by atoms with van der Waals surface area (Å²) in [5.74, 6) is 1.34. The van der Waals surface area contributed by atoms with Gasteiger partial charge in [0.15, 0.2) is 0 Å². The van der Waals surface area contributed by atoms with Gasteiger partial charge in [0.05, 0.1) is 13.0 Å². The molecule has 0 aliphatic carbocycles. The molecule has 5 nitrogen and oxygen atoms in total. The summed E-state index contributed by atoms with van der Waals surface area (Å²) in [6, 6.07) is 15.2. The molecule has 24 heavy (non-hydrogen) atoms. The fourth-order valence-electron chi connectivity index (χ4n) is 2.84. The number of carbonyl (C=O) groups is 1. The van der Waals surface area contributed by atoms with Gasteiger partial charge < -0.3 is 20.5 Å². The predicted octanol–water partition coefficient (Wildman–Crippen LogP) is 2.06. The average molecular weight is 326 g/mol. The Morgan fingerprint density at radius 1 is 1.33 bits per heavy atom. The molecule has 2 atom stereocenters. The molecular formula is C19H22N2O3. The van der Waals surface area contributed by atoms with Crippen LogP contribution in [0.2, 0.25) is 0 Å². The van der Waals surface area contributed by atoms with E-state index < -0.39 is 0 Å². The molecular weight excluding hydrogens is 304 g/mol. The monoisotopic (exact) mass is 326 g/mol. The third kappa shape index (κ3) is 3.68. The second kappa shape index (κ2) is 7.36. The smallest absolute Gasteiger partial charge is 0.226 e. The van der Waals surface area contributed by atoms with E-state index in [0.29, 0.717) is 19.6 Å². The molecule has 0 saturated heterocycles. The van der Waals surface area contributed by atoms with Crippen molar-refractivity contribution in [2.24, 2.45) is 11.7 Å². The Morgan fingerprint density at radius 2 is 2.12 bits per heavy atom. The summed E-state index contributed by atoms with van der Waals surface area (Å²) in [6.07, 6.45) is 0.638. The number of benzene rings is 2. The first-order valence-electron chi connectivity index (χ1n) is 8.05. The first-order chi connectivity index (χ1) is 11.7. The maximum Gasteiger partial charge on any atom is 0.226 e. The zero-order valence-corrected chi connectivity index (χ0v) is 13.7. The third-order valence-corrected chi connectivity index (χ3v) is 4.27. The number of methoxy groups -OCH3 is 1. The molecule has 126 valence electrons. The molecule has 3 N–H and O–H groups in total. The first kappa shape index (κ1) is 16.3. The molecule has 0 spiro atoms. The van der Waals surface area contributed by atoms with E-state index in [2.05, 4.69) is 5.32 Å².